The summed E-state index contributed by atoms with van der Waals surface area (Å²) in [6, 6.07) is 32.6. The van der Waals surface area contributed by atoms with E-state index >= 15 is 13.2 Å². The SMILES string of the molecule is CCOc1cccc(-c2ccccc2CN2CCN(c3c(NC(=O)c4cccc5c4S5(=O)=O)ccc(NCCSc4ccccc4)c3C(F)(F)F)CC2)c1. The Hall–Kier alpha value is -4.98. The van der Waals surface area contributed by atoms with Crippen LogP contribution in [0.1, 0.15) is 28.4 Å². The number of anilines is 3. The van der Waals surface area contributed by atoms with Gasteiger partial charge in [-0.25, -0.2) is 8.42 Å². The molecule has 2 aliphatic heterocycles. The maximum absolute atomic E-state index is 15.2. The monoisotopic (exact) mass is 772 g/mol. The molecule has 54 heavy (non-hydrogen) atoms. The Balaban J connectivity index is 1.15. The Morgan fingerprint density at radius 3 is 2.33 bits per heavy atom. The lowest BCUT2D eigenvalue weighted by Gasteiger charge is -2.38. The number of benzene rings is 5. The van der Waals surface area contributed by atoms with E-state index in [-0.39, 0.29) is 52.1 Å². The third-order valence-electron chi connectivity index (χ3n) is 9.44. The molecule has 0 unspecified atom stereocenters. The number of alkyl halides is 3. The van der Waals surface area contributed by atoms with Gasteiger partial charge in [0.25, 0.3) is 5.91 Å². The zero-order chi connectivity index (χ0) is 37.9. The quantitative estimate of drug-likeness (QED) is 0.0685. The molecule has 2 heterocycles. The number of rotatable bonds is 13. The summed E-state index contributed by atoms with van der Waals surface area (Å²) in [5.41, 5.74) is 1.90. The van der Waals surface area contributed by atoms with Gasteiger partial charge in [0.05, 0.1) is 28.4 Å². The molecule has 5 aromatic carbocycles. The molecular formula is C41H39F3N4O4S2. The van der Waals surface area contributed by atoms with Crippen LogP contribution in [0.3, 0.4) is 0 Å². The van der Waals surface area contributed by atoms with E-state index in [9.17, 15) is 13.2 Å². The maximum Gasteiger partial charge on any atom is 0.420 e. The fourth-order valence-electron chi connectivity index (χ4n) is 6.88. The van der Waals surface area contributed by atoms with Crippen molar-refractivity contribution in [3.8, 4) is 16.9 Å². The molecule has 7 rings (SSSR count). The van der Waals surface area contributed by atoms with Gasteiger partial charge in [-0.15, -0.1) is 11.8 Å². The number of amides is 1. The van der Waals surface area contributed by atoms with E-state index in [2.05, 4.69) is 27.7 Å². The summed E-state index contributed by atoms with van der Waals surface area (Å²) < 4.78 is 76.2. The molecular weight excluding hydrogens is 734 g/mol. The molecule has 1 saturated heterocycles. The molecule has 13 heteroatoms. The third kappa shape index (κ3) is 8.08. The highest BCUT2D eigenvalue weighted by Crippen LogP contribution is 2.47. The summed E-state index contributed by atoms with van der Waals surface area (Å²) in [5.74, 6) is 0.519. The molecule has 280 valence electrons. The van der Waals surface area contributed by atoms with Crippen LogP contribution in [0.4, 0.5) is 30.2 Å². The number of halogens is 3. The number of piperazine rings is 1. The van der Waals surface area contributed by atoms with E-state index in [4.69, 9.17) is 4.74 Å². The summed E-state index contributed by atoms with van der Waals surface area (Å²) in [6.07, 6.45) is -4.78. The van der Waals surface area contributed by atoms with Crippen LogP contribution in [0.2, 0.25) is 0 Å². The molecule has 0 bridgehead atoms. The van der Waals surface area contributed by atoms with E-state index in [1.54, 1.807) is 4.90 Å². The Morgan fingerprint density at radius 2 is 1.57 bits per heavy atom. The molecule has 2 aliphatic rings. The highest BCUT2D eigenvalue weighted by molar-refractivity contribution is 7.99. The van der Waals surface area contributed by atoms with Crippen LogP contribution in [0, 0.1) is 0 Å². The zero-order valence-corrected chi connectivity index (χ0v) is 31.2. The molecule has 2 N–H and O–H groups in total. The second-order valence-corrected chi connectivity index (χ2v) is 16.0. The standard InChI is InChI=1S/C41H39F3N4O4S2/c1-2-52-30-12-8-11-28(26-30)32-15-7-6-10-29(32)27-47-21-23-48(24-22-47)38-35(46-40(49)33-16-9-17-36-39(33)54(36,50)51)19-18-34(37(38)41(42,43)44)45-20-25-53-31-13-4-3-5-14-31/h3-19,26,45H,2,20-25,27H2,1H3,(H,46,49). The van der Waals surface area contributed by atoms with E-state index in [1.165, 1.54) is 42.1 Å². The van der Waals surface area contributed by atoms with Crippen molar-refractivity contribution in [1.82, 2.24) is 4.90 Å². The van der Waals surface area contributed by atoms with Crippen LogP contribution < -0.4 is 20.3 Å². The molecule has 1 fully saturated rings. The van der Waals surface area contributed by atoms with Crippen LogP contribution in [-0.4, -0.2) is 64.3 Å². The number of ether oxygens (including phenoxy) is 1. The Labute approximate surface area is 317 Å². The van der Waals surface area contributed by atoms with Gasteiger partial charge in [0.2, 0.25) is 9.84 Å². The smallest absolute Gasteiger partial charge is 0.420 e. The van der Waals surface area contributed by atoms with Crippen LogP contribution in [0.5, 0.6) is 5.75 Å². The lowest BCUT2D eigenvalue weighted by Crippen LogP contribution is -2.47. The fourth-order valence-corrected chi connectivity index (χ4v) is 9.18. The summed E-state index contributed by atoms with van der Waals surface area (Å²) >= 11 is 1.53. The average molecular weight is 773 g/mol. The topological polar surface area (TPSA) is 91.0 Å². The van der Waals surface area contributed by atoms with Gasteiger partial charge in [0, 0.05) is 55.6 Å². The zero-order valence-electron chi connectivity index (χ0n) is 29.5. The summed E-state index contributed by atoms with van der Waals surface area (Å²) in [5, 5.41) is 5.66. The van der Waals surface area contributed by atoms with Gasteiger partial charge in [-0.2, -0.15) is 13.2 Å². The van der Waals surface area contributed by atoms with Crippen molar-refractivity contribution in [2.45, 2.75) is 34.3 Å². The first kappa shape index (κ1) is 37.3. The minimum Gasteiger partial charge on any atom is -0.494 e. The fraction of sp³-hybridized carbons (Fsp3) is 0.244. The van der Waals surface area contributed by atoms with Crippen molar-refractivity contribution in [1.29, 1.82) is 0 Å². The maximum atomic E-state index is 15.2. The van der Waals surface area contributed by atoms with Gasteiger partial charge in [-0.3, -0.25) is 9.69 Å². The predicted octanol–water partition coefficient (Wildman–Crippen LogP) is 8.70. The van der Waals surface area contributed by atoms with Gasteiger partial charge in [0.1, 0.15) is 16.2 Å². The molecule has 8 nitrogen and oxygen atoms in total. The van der Waals surface area contributed by atoms with Gasteiger partial charge < -0.3 is 20.3 Å². The number of carbonyl (C=O) groups is 1. The van der Waals surface area contributed by atoms with Gasteiger partial charge >= 0.3 is 6.18 Å². The number of thioether (sulfide) groups is 1. The predicted molar refractivity (Wildman–Crippen MR) is 207 cm³/mol. The van der Waals surface area contributed by atoms with Gasteiger partial charge in [-0.1, -0.05) is 60.7 Å². The van der Waals surface area contributed by atoms with Gasteiger partial charge in [-0.05, 0) is 72.1 Å². The molecule has 1 amide bonds. The number of carbonyl (C=O) groups excluding carboxylic acids is 1. The molecule has 0 aliphatic carbocycles. The normalized spacial score (nSPS) is 15.0. The number of sulfone groups is 1. The van der Waals surface area contributed by atoms with E-state index < -0.39 is 27.5 Å². The van der Waals surface area contributed by atoms with Crippen molar-refractivity contribution < 1.29 is 31.1 Å². The van der Waals surface area contributed by atoms with Crippen molar-refractivity contribution in [2.75, 3.05) is 60.6 Å². The number of hydrogen-bond acceptors (Lipinski definition) is 8. The Kier molecular flexibility index (Phi) is 10.9. The van der Waals surface area contributed by atoms with Gasteiger partial charge in [0.15, 0.2) is 0 Å². The van der Waals surface area contributed by atoms with E-state index in [1.807, 2.05) is 73.7 Å². The minimum absolute atomic E-state index is 0.0415. The highest BCUT2D eigenvalue weighted by atomic mass is 32.2. The number of hydrogen-bond donors (Lipinski definition) is 2. The van der Waals surface area contributed by atoms with Crippen molar-refractivity contribution in [3.63, 3.8) is 0 Å². The lowest BCUT2D eigenvalue weighted by atomic mass is 9.99. The summed E-state index contributed by atoms with van der Waals surface area (Å²) in [7, 11) is -3.68. The lowest BCUT2D eigenvalue weighted by molar-refractivity contribution is -0.136. The number of nitrogens with zero attached hydrogens (tertiary/aromatic N) is 2. The molecule has 0 saturated carbocycles. The van der Waals surface area contributed by atoms with Crippen molar-refractivity contribution >= 4 is 44.6 Å². The minimum atomic E-state index is -4.78. The third-order valence-corrected chi connectivity index (χ3v) is 12.1. The first-order chi connectivity index (χ1) is 26.0. The largest absolute Gasteiger partial charge is 0.494 e. The molecule has 0 aromatic heterocycles. The average Bonchev–Trinajstić information content (AvgIpc) is 3.74. The second kappa shape index (κ2) is 15.8. The van der Waals surface area contributed by atoms with Crippen LogP contribution in [0.25, 0.3) is 11.1 Å². The molecule has 0 atom stereocenters. The van der Waals surface area contributed by atoms with E-state index in [0.717, 1.165) is 27.3 Å². The van der Waals surface area contributed by atoms with Crippen LogP contribution in [0.15, 0.2) is 124 Å². The molecule has 0 spiro atoms. The second-order valence-electron chi connectivity index (χ2n) is 12.9. The van der Waals surface area contributed by atoms with Crippen molar-refractivity contribution in [3.05, 3.63) is 126 Å². The number of nitrogens with one attached hydrogen (secondary N) is 2. The Morgan fingerprint density at radius 1 is 0.852 bits per heavy atom. The summed E-state index contributed by atoms with van der Waals surface area (Å²) in [6.45, 7) is 4.80. The first-order valence-corrected chi connectivity index (χ1v) is 20.2. The number of fused-ring (bicyclic) bond motifs is 1. The van der Waals surface area contributed by atoms with Crippen molar-refractivity contribution in [2.24, 2.45) is 0 Å². The first-order valence-electron chi connectivity index (χ1n) is 17.7. The molecule has 0 radical (unpaired) electrons. The highest BCUT2D eigenvalue weighted by Gasteiger charge is 2.44. The van der Waals surface area contributed by atoms with Crippen LogP contribution >= 0.6 is 11.8 Å². The molecule has 5 aromatic rings. The van der Waals surface area contributed by atoms with E-state index in [0.29, 0.717) is 32.0 Å². The van der Waals surface area contributed by atoms with Crippen LogP contribution in [-0.2, 0) is 22.6 Å². The summed E-state index contributed by atoms with van der Waals surface area (Å²) in [4.78, 5) is 18.4. The Bertz CT molecular complexity index is 2260.